The first-order valence-electron chi connectivity index (χ1n) is 6.92. The first-order chi connectivity index (χ1) is 9.30. The number of ether oxygens (including phenoxy) is 2. The predicted molar refractivity (Wildman–Crippen MR) is 79.8 cm³/mol. The second kappa shape index (κ2) is 7.29. The molecule has 0 N–H and O–H groups in total. The Labute approximate surface area is 121 Å². The van der Waals surface area contributed by atoms with Crippen molar-refractivity contribution in [3.05, 3.63) is 29.8 Å². The Kier molecular flexibility index (Phi) is 6.02. The summed E-state index contributed by atoms with van der Waals surface area (Å²) in [6.07, 6.45) is 0. The zero-order valence-corrected chi connectivity index (χ0v) is 13.1. The molecule has 1 aromatic rings. The highest BCUT2D eigenvalue weighted by Gasteiger charge is 2.17. The van der Waals surface area contributed by atoms with E-state index >= 15 is 0 Å². The highest BCUT2D eigenvalue weighted by Crippen LogP contribution is 2.13. The standard InChI is InChI=1S/C16H25NO3/c1-6-19-14-9-7-13(8-10-14)11-17(5)12-15(18)20-16(2,3)4/h7-10H,6,11-12H2,1-5H3. The smallest absolute Gasteiger partial charge is 0.320 e. The van der Waals surface area contributed by atoms with Crippen molar-refractivity contribution in [3.63, 3.8) is 0 Å². The van der Waals surface area contributed by atoms with Gasteiger partial charge in [-0.15, -0.1) is 0 Å². The monoisotopic (exact) mass is 279 g/mol. The van der Waals surface area contributed by atoms with Crippen LogP contribution in [0.4, 0.5) is 0 Å². The third-order valence-electron chi connectivity index (χ3n) is 2.51. The lowest BCUT2D eigenvalue weighted by Gasteiger charge is -2.22. The van der Waals surface area contributed by atoms with Crippen LogP contribution in [0.25, 0.3) is 0 Å². The molecule has 0 saturated carbocycles. The van der Waals surface area contributed by atoms with E-state index in [4.69, 9.17) is 9.47 Å². The molecule has 0 aliphatic rings. The summed E-state index contributed by atoms with van der Waals surface area (Å²) in [5.74, 6) is 0.664. The summed E-state index contributed by atoms with van der Waals surface area (Å²) in [5.41, 5.74) is 0.705. The lowest BCUT2D eigenvalue weighted by Crippen LogP contribution is -2.32. The van der Waals surface area contributed by atoms with Gasteiger partial charge in [0.15, 0.2) is 0 Å². The minimum Gasteiger partial charge on any atom is -0.494 e. The summed E-state index contributed by atoms with van der Waals surface area (Å²) in [7, 11) is 1.90. The Morgan fingerprint density at radius 1 is 1.20 bits per heavy atom. The highest BCUT2D eigenvalue weighted by atomic mass is 16.6. The third-order valence-corrected chi connectivity index (χ3v) is 2.51. The Balaban J connectivity index is 2.45. The molecule has 0 spiro atoms. The topological polar surface area (TPSA) is 38.8 Å². The molecule has 0 aromatic heterocycles. The summed E-state index contributed by atoms with van der Waals surface area (Å²) in [6.45, 7) is 9.22. The van der Waals surface area contributed by atoms with Gasteiger partial charge in [0.1, 0.15) is 11.4 Å². The molecule has 112 valence electrons. The van der Waals surface area contributed by atoms with Gasteiger partial charge in [-0.25, -0.2) is 0 Å². The summed E-state index contributed by atoms with van der Waals surface area (Å²) in [4.78, 5) is 13.6. The first kappa shape index (κ1) is 16.5. The van der Waals surface area contributed by atoms with Crippen LogP contribution in [0.5, 0.6) is 5.75 Å². The maximum Gasteiger partial charge on any atom is 0.320 e. The van der Waals surface area contributed by atoms with E-state index in [2.05, 4.69) is 0 Å². The predicted octanol–water partition coefficient (Wildman–Crippen LogP) is 2.86. The van der Waals surface area contributed by atoms with Gasteiger partial charge in [-0.05, 0) is 52.4 Å². The van der Waals surface area contributed by atoms with Crippen molar-refractivity contribution >= 4 is 5.97 Å². The van der Waals surface area contributed by atoms with E-state index in [0.717, 1.165) is 11.3 Å². The van der Waals surface area contributed by atoms with Crippen LogP contribution in [0, 0.1) is 0 Å². The molecule has 0 unspecified atom stereocenters. The van der Waals surface area contributed by atoms with Gasteiger partial charge in [0.25, 0.3) is 0 Å². The number of hydrogen-bond donors (Lipinski definition) is 0. The molecule has 0 heterocycles. The molecule has 4 nitrogen and oxygen atoms in total. The number of nitrogens with zero attached hydrogens (tertiary/aromatic N) is 1. The fraction of sp³-hybridized carbons (Fsp3) is 0.562. The van der Waals surface area contributed by atoms with Crippen LogP contribution in [0.15, 0.2) is 24.3 Å². The number of carbonyl (C=O) groups excluding carboxylic acids is 1. The lowest BCUT2D eigenvalue weighted by atomic mass is 10.2. The molecule has 0 radical (unpaired) electrons. The number of carbonyl (C=O) groups is 1. The number of likely N-dealkylation sites (N-methyl/N-ethyl adjacent to an activating group) is 1. The zero-order valence-electron chi connectivity index (χ0n) is 13.1. The van der Waals surface area contributed by atoms with Crippen molar-refractivity contribution in [3.8, 4) is 5.75 Å². The van der Waals surface area contributed by atoms with E-state index in [1.807, 2.05) is 63.9 Å². The van der Waals surface area contributed by atoms with Crippen molar-refractivity contribution in [1.29, 1.82) is 0 Å². The number of rotatable bonds is 6. The zero-order chi connectivity index (χ0) is 15.2. The van der Waals surface area contributed by atoms with Crippen molar-refractivity contribution in [2.45, 2.75) is 39.8 Å². The van der Waals surface area contributed by atoms with Crippen LogP contribution < -0.4 is 4.74 Å². The number of hydrogen-bond acceptors (Lipinski definition) is 4. The van der Waals surface area contributed by atoms with Crippen molar-refractivity contribution in [1.82, 2.24) is 4.90 Å². The fourth-order valence-corrected chi connectivity index (χ4v) is 1.82. The van der Waals surface area contributed by atoms with Crippen molar-refractivity contribution in [2.75, 3.05) is 20.2 Å². The number of benzene rings is 1. The van der Waals surface area contributed by atoms with E-state index in [1.165, 1.54) is 0 Å². The van der Waals surface area contributed by atoms with Gasteiger partial charge in [-0.2, -0.15) is 0 Å². The molecule has 1 rings (SSSR count). The maximum absolute atomic E-state index is 11.7. The molecule has 0 amide bonds. The Hall–Kier alpha value is -1.55. The van der Waals surface area contributed by atoms with E-state index in [1.54, 1.807) is 0 Å². The maximum atomic E-state index is 11.7. The lowest BCUT2D eigenvalue weighted by molar-refractivity contribution is -0.155. The molecule has 0 aliphatic heterocycles. The third kappa shape index (κ3) is 6.57. The number of esters is 1. The van der Waals surface area contributed by atoms with Gasteiger partial charge in [0, 0.05) is 6.54 Å². The molecule has 4 heteroatoms. The summed E-state index contributed by atoms with van der Waals surface area (Å²) in [6, 6.07) is 7.91. The van der Waals surface area contributed by atoms with Crippen LogP contribution in [0.3, 0.4) is 0 Å². The van der Waals surface area contributed by atoms with E-state index in [9.17, 15) is 4.79 Å². The molecule has 0 bridgehead atoms. The van der Waals surface area contributed by atoms with Gasteiger partial charge in [-0.1, -0.05) is 12.1 Å². The van der Waals surface area contributed by atoms with Gasteiger partial charge < -0.3 is 9.47 Å². The SMILES string of the molecule is CCOc1ccc(CN(C)CC(=O)OC(C)(C)C)cc1. The quantitative estimate of drug-likeness (QED) is 0.751. The molecule has 20 heavy (non-hydrogen) atoms. The van der Waals surface area contributed by atoms with E-state index in [0.29, 0.717) is 13.2 Å². The minimum atomic E-state index is -0.433. The van der Waals surface area contributed by atoms with Gasteiger partial charge in [0.05, 0.1) is 13.2 Å². The summed E-state index contributed by atoms with van der Waals surface area (Å²) < 4.78 is 10.7. The Bertz CT molecular complexity index is 420. The van der Waals surface area contributed by atoms with E-state index in [-0.39, 0.29) is 12.5 Å². The fourth-order valence-electron chi connectivity index (χ4n) is 1.82. The molecule has 0 fully saturated rings. The minimum absolute atomic E-state index is 0.203. The van der Waals surface area contributed by atoms with Gasteiger partial charge in [-0.3, -0.25) is 9.69 Å². The Morgan fingerprint density at radius 3 is 2.30 bits per heavy atom. The van der Waals surface area contributed by atoms with Crippen LogP contribution in [-0.2, 0) is 16.1 Å². The second-order valence-electron chi connectivity index (χ2n) is 5.84. The van der Waals surface area contributed by atoms with Crippen LogP contribution in [0.2, 0.25) is 0 Å². The molecule has 0 saturated heterocycles. The molecule has 1 aromatic carbocycles. The van der Waals surface area contributed by atoms with Crippen LogP contribution in [0.1, 0.15) is 33.3 Å². The summed E-state index contributed by atoms with van der Waals surface area (Å²) in [5, 5.41) is 0. The van der Waals surface area contributed by atoms with Crippen molar-refractivity contribution < 1.29 is 14.3 Å². The van der Waals surface area contributed by atoms with E-state index < -0.39 is 5.60 Å². The normalized spacial score (nSPS) is 11.5. The Morgan fingerprint density at radius 2 is 1.80 bits per heavy atom. The van der Waals surface area contributed by atoms with Crippen LogP contribution >= 0.6 is 0 Å². The largest absolute Gasteiger partial charge is 0.494 e. The highest BCUT2D eigenvalue weighted by molar-refractivity contribution is 5.72. The first-order valence-corrected chi connectivity index (χ1v) is 6.92. The molecule has 0 atom stereocenters. The molecular formula is C16H25NO3. The molecule has 0 aliphatic carbocycles. The average Bonchev–Trinajstić information content (AvgIpc) is 2.29. The van der Waals surface area contributed by atoms with Gasteiger partial charge in [0.2, 0.25) is 0 Å². The second-order valence-corrected chi connectivity index (χ2v) is 5.84. The van der Waals surface area contributed by atoms with Gasteiger partial charge >= 0.3 is 5.97 Å². The average molecular weight is 279 g/mol. The van der Waals surface area contributed by atoms with Crippen LogP contribution in [-0.4, -0.2) is 36.7 Å². The van der Waals surface area contributed by atoms with Crippen molar-refractivity contribution in [2.24, 2.45) is 0 Å². The molecular weight excluding hydrogens is 254 g/mol. The summed E-state index contributed by atoms with van der Waals surface area (Å²) >= 11 is 0.